The van der Waals surface area contributed by atoms with Crippen LogP contribution in [0.4, 0.5) is 0 Å². The molecule has 0 saturated heterocycles. The summed E-state index contributed by atoms with van der Waals surface area (Å²) in [5.41, 5.74) is 1.36. The van der Waals surface area contributed by atoms with Crippen molar-refractivity contribution in [2.45, 2.75) is 11.9 Å². The van der Waals surface area contributed by atoms with Crippen LogP contribution < -0.4 is 0 Å². The Morgan fingerprint density at radius 2 is 2.47 bits per heavy atom. The summed E-state index contributed by atoms with van der Waals surface area (Å²) in [6.07, 6.45) is 1.96. The summed E-state index contributed by atoms with van der Waals surface area (Å²) in [7, 11) is 0. The van der Waals surface area contributed by atoms with E-state index in [1.165, 1.54) is 0 Å². The minimum Gasteiger partial charge on any atom is -0.293 e. The highest BCUT2D eigenvalue weighted by Crippen LogP contribution is 2.24. The van der Waals surface area contributed by atoms with Crippen molar-refractivity contribution < 1.29 is 0 Å². The van der Waals surface area contributed by atoms with Crippen LogP contribution in [0.15, 0.2) is 23.4 Å². The minimum absolute atomic E-state index is 0.517. The van der Waals surface area contributed by atoms with Gasteiger partial charge in [-0.15, -0.1) is 11.8 Å². The fourth-order valence-corrected chi connectivity index (χ4v) is 2.58. The van der Waals surface area contributed by atoms with Crippen molar-refractivity contribution >= 4 is 40.0 Å². The molecule has 2 aromatic heterocycles. The summed E-state index contributed by atoms with van der Waals surface area (Å²) in [4.78, 5) is 4.29. The van der Waals surface area contributed by atoms with Crippen molar-refractivity contribution in [2.24, 2.45) is 0 Å². The van der Waals surface area contributed by atoms with Crippen LogP contribution in [0.3, 0.4) is 0 Å². The second-order valence-electron chi connectivity index (χ2n) is 2.88. The van der Waals surface area contributed by atoms with Crippen LogP contribution in [-0.2, 0) is 0 Å². The zero-order valence-corrected chi connectivity index (χ0v) is 11.0. The van der Waals surface area contributed by atoms with Gasteiger partial charge in [0.2, 0.25) is 0 Å². The van der Waals surface area contributed by atoms with Crippen LogP contribution in [0.1, 0.15) is 12.6 Å². The number of hydrogen-bond donors (Lipinski definition) is 0. The summed E-state index contributed by atoms with van der Waals surface area (Å²) in [6, 6.07) is 6.12. The molecule has 0 amide bonds. The lowest BCUT2D eigenvalue weighted by Gasteiger charge is -1.99. The number of nitriles is 1. The van der Waals surface area contributed by atoms with E-state index in [4.69, 9.17) is 5.26 Å². The molecule has 5 heteroatoms. The van der Waals surface area contributed by atoms with Crippen LogP contribution in [0, 0.1) is 14.9 Å². The topological polar surface area (TPSA) is 41.1 Å². The highest BCUT2D eigenvalue weighted by Gasteiger charge is 2.11. The smallest absolute Gasteiger partial charge is 0.173 e. The monoisotopic (exact) mass is 329 g/mol. The lowest BCUT2D eigenvalue weighted by Crippen LogP contribution is -1.87. The number of fused-ring (bicyclic) bond motifs is 1. The highest BCUT2D eigenvalue weighted by atomic mass is 127. The van der Waals surface area contributed by atoms with Crippen molar-refractivity contribution in [2.75, 3.05) is 5.75 Å². The fraction of sp³-hybridized carbons (Fsp3) is 0.200. The van der Waals surface area contributed by atoms with E-state index in [0.29, 0.717) is 5.69 Å². The van der Waals surface area contributed by atoms with Gasteiger partial charge in [0, 0.05) is 9.77 Å². The molecule has 0 aromatic carbocycles. The Kier molecular flexibility index (Phi) is 3.17. The van der Waals surface area contributed by atoms with Crippen LogP contribution >= 0.6 is 34.4 Å². The van der Waals surface area contributed by atoms with E-state index in [1.54, 1.807) is 11.8 Å². The second-order valence-corrected chi connectivity index (χ2v) is 5.38. The third-order valence-electron chi connectivity index (χ3n) is 1.93. The molecular weight excluding hydrogens is 321 g/mol. The zero-order chi connectivity index (χ0) is 10.8. The van der Waals surface area contributed by atoms with Crippen LogP contribution in [0.2, 0.25) is 0 Å². The number of nitrogens with zero attached hydrogens (tertiary/aromatic N) is 3. The number of halogens is 1. The summed E-state index contributed by atoms with van der Waals surface area (Å²) in [6.45, 7) is 2.07. The van der Waals surface area contributed by atoms with Crippen molar-refractivity contribution in [3.05, 3.63) is 27.6 Å². The number of hydrogen-bond acceptors (Lipinski definition) is 3. The van der Waals surface area contributed by atoms with Gasteiger partial charge in [0.15, 0.2) is 5.69 Å². The Hall–Kier alpha value is -0.740. The molecule has 0 aliphatic rings. The van der Waals surface area contributed by atoms with E-state index in [1.807, 2.05) is 22.7 Å². The number of aromatic nitrogens is 2. The Bertz CT molecular complexity index is 541. The molecule has 2 rings (SSSR count). The van der Waals surface area contributed by atoms with E-state index < -0.39 is 0 Å². The van der Waals surface area contributed by atoms with E-state index in [0.717, 1.165) is 20.0 Å². The molecule has 0 unspecified atom stereocenters. The minimum atomic E-state index is 0.517. The maximum atomic E-state index is 8.97. The summed E-state index contributed by atoms with van der Waals surface area (Å²) >= 11 is 3.88. The van der Waals surface area contributed by atoms with Crippen LogP contribution in [0.25, 0.3) is 5.65 Å². The van der Waals surface area contributed by atoms with Crippen LogP contribution in [0.5, 0.6) is 0 Å². The second kappa shape index (κ2) is 4.41. The average molecular weight is 329 g/mol. The number of imidazole rings is 1. The first-order chi connectivity index (χ1) is 7.26. The number of thioether (sulfide) groups is 1. The molecule has 3 nitrogen and oxygen atoms in total. The molecule has 0 radical (unpaired) electrons. The van der Waals surface area contributed by atoms with E-state index >= 15 is 0 Å². The maximum Gasteiger partial charge on any atom is 0.173 e. The first-order valence-electron chi connectivity index (χ1n) is 4.46. The lowest BCUT2D eigenvalue weighted by molar-refractivity contribution is 1.04. The molecule has 0 spiro atoms. The quantitative estimate of drug-likeness (QED) is 0.628. The number of rotatable bonds is 2. The Morgan fingerprint density at radius 3 is 3.13 bits per heavy atom. The van der Waals surface area contributed by atoms with Crippen molar-refractivity contribution in [3.63, 3.8) is 0 Å². The van der Waals surface area contributed by atoms with Gasteiger partial charge in [-0.05, 0) is 40.5 Å². The highest BCUT2D eigenvalue weighted by molar-refractivity contribution is 14.1. The standard InChI is InChI=1S/C10H8IN3S/c1-2-15-10-8(6-12)13-9-5-7(11)3-4-14(9)10/h3-5H,2H2,1H3. The molecule has 15 heavy (non-hydrogen) atoms. The molecule has 0 atom stereocenters. The molecule has 2 heterocycles. The van der Waals surface area contributed by atoms with Crippen molar-refractivity contribution in [1.29, 1.82) is 5.26 Å². The summed E-state index contributed by atoms with van der Waals surface area (Å²) in [5.74, 6) is 0.939. The summed E-state index contributed by atoms with van der Waals surface area (Å²) in [5, 5.41) is 9.91. The molecule has 0 fully saturated rings. The molecular formula is C10H8IN3S. The third-order valence-corrected chi connectivity index (χ3v) is 3.55. The molecule has 0 N–H and O–H groups in total. The van der Waals surface area contributed by atoms with Crippen LogP contribution in [-0.4, -0.2) is 15.1 Å². The molecule has 2 aromatic rings. The molecule has 0 saturated carbocycles. The molecule has 0 bridgehead atoms. The van der Waals surface area contributed by atoms with Gasteiger partial charge in [-0.2, -0.15) is 5.26 Å². The van der Waals surface area contributed by atoms with Gasteiger partial charge in [-0.25, -0.2) is 4.98 Å². The van der Waals surface area contributed by atoms with Gasteiger partial charge in [0.25, 0.3) is 0 Å². The van der Waals surface area contributed by atoms with Crippen molar-refractivity contribution in [3.8, 4) is 6.07 Å². The van der Waals surface area contributed by atoms with Gasteiger partial charge in [-0.1, -0.05) is 6.92 Å². The molecule has 76 valence electrons. The van der Waals surface area contributed by atoms with E-state index in [9.17, 15) is 0 Å². The Morgan fingerprint density at radius 1 is 1.67 bits per heavy atom. The Labute approximate surface area is 106 Å². The van der Waals surface area contributed by atoms with Gasteiger partial charge in [0.05, 0.1) is 0 Å². The maximum absolute atomic E-state index is 8.97. The third kappa shape index (κ3) is 1.96. The van der Waals surface area contributed by atoms with E-state index in [2.05, 4.69) is 40.6 Å². The summed E-state index contributed by atoms with van der Waals surface area (Å²) < 4.78 is 3.09. The van der Waals surface area contributed by atoms with Gasteiger partial charge >= 0.3 is 0 Å². The lowest BCUT2D eigenvalue weighted by atomic mass is 10.5. The van der Waals surface area contributed by atoms with Crippen molar-refractivity contribution in [1.82, 2.24) is 9.38 Å². The first kappa shape index (κ1) is 10.8. The average Bonchev–Trinajstić information content (AvgIpc) is 2.56. The number of pyridine rings is 1. The van der Waals surface area contributed by atoms with Gasteiger partial charge < -0.3 is 0 Å². The van der Waals surface area contributed by atoms with E-state index in [-0.39, 0.29) is 0 Å². The predicted octanol–water partition coefficient (Wildman–Crippen LogP) is 2.92. The Balaban J connectivity index is 2.70. The fourth-order valence-electron chi connectivity index (χ4n) is 1.34. The molecule has 0 aliphatic carbocycles. The predicted molar refractivity (Wildman–Crippen MR) is 69.0 cm³/mol. The largest absolute Gasteiger partial charge is 0.293 e. The molecule has 0 aliphatic heterocycles. The first-order valence-corrected chi connectivity index (χ1v) is 6.53. The van der Waals surface area contributed by atoms with Gasteiger partial charge in [0.1, 0.15) is 16.7 Å². The SMILES string of the molecule is CCSc1c(C#N)nc2cc(I)ccn12. The normalized spacial score (nSPS) is 10.5. The zero-order valence-electron chi connectivity index (χ0n) is 8.07. The van der Waals surface area contributed by atoms with Gasteiger partial charge in [-0.3, -0.25) is 4.40 Å².